The molecule has 0 radical (unpaired) electrons. The molecule has 0 aromatic rings. The van der Waals surface area contributed by atoms with Gasteiger partial charge in [0.25, 0.3) is 0 Å². The zero-order valence-corrected chi connectivity index (χ0v) is 9.71. The molecule has 0 saturated heterocycles. The Balaban J connectivity index is 2.79. The fourth-order valence-corrected chi connectivity index (χ4v) is 2.00. The van der Waals surface area contributed by atoms with Gasteiger partial charge >= 0.3 is 0 Å². The summed E-state index contributed by atoms with van der Waals surface area (Å²) >= 11 is 0. The average Bonchev–Trinajstić information content (AvgIpc) is 2.13. The molecule has 0 N–H and O–H groups in total. The van der Waals surface area contributed by atoms with E-state index in [4.69, 9.17) is 0 Å². The van der Waals surface area contributed by atoms with Crippen molar-refractivity contribution in [3.63, 3.8) is 0 Å². The van der Waals surface area contributed by atoms with E-state index in [9.17, 15) is 4.79 Å². The molecular weight excluding hydrogens is 174 g/mol. The molecule has 0 atom stereocenters. The lowest BCUT2D eigenvalue weighted by Crippen LogP contribution is -2.46. The van der Waals surface area contributed by atoms with Crippen molar-refractivity contribution in [3.05, 3.63) is 12.2 Å². The molecule has 2 heteroatoms. The van der Waals surface area contributed by atoms with Gasteiger partial charge in [-0.1, -0.05) is 33.8 Å². The second-order valence-corrected chi connectivity index (χ2v) is 4.76. The predicted octanol–water partition coefficient (Wildman–Crippen LogP) is 2.60. The average molecular weight is 195 g/mol. The first-order valence-corrected chi connectivity index (χ1v) is 5.50. The van der Waals surface area contributed by atoms with Crippen molar-refractivity contribution >= 4 is 5.91 Å². The van der Waals surface area contributed by atoms with Crippen molar-refractivity contribution in [3.8, 4) is 0 Å². The third kappa shape index (κ3) is 2.37. The van der Waals surface area contributed by atoms with Gasteiger partial charge in [-0.2, -0.15) is 0 Å². The van der Waals surface area contributed by atoms with E-state index in [-0.39, 0.29) is 11.3 Å². The normalized spacial score (nSPS) is 20.6. The minimum absolute atomic E-state index is 0.135. The van der Waals surface area contributed by atoms with Crippen LogP contribution in [-0.2, 0) is 4.79 Å². The Bertz CT molecular complexity index is 239. The van der Waals surface area contributed by atoms with Crippen molar-refractivity contribution in [2.24, 2.45) is 5.41 Å². The van der Waals surface area contributed by atoms with Crippen LogP contribution in [0.4, 0.5) is 0 Å². The molecule has 0 aliphatic carbocycles. The Kier molecular flexibility index (Phi) is 3.35. The van der Waals surface area contributed by atoms with Gasteiger partial charge in [-0.3, -0.25) is 4.79 Å². The van der Waals surface area contributed by atoms with Crippen LogP contribution in [-0.4, -0.2) is 23.4 Å². The van der Waals surface area contributed by atoms with Gasteiger partial charge in [0.2, 0.25) is 5.91 Å². The Labute approximate surface area is 87.0 Å². The summed E-state index contributed by atoms with van der Waals surface area (Å²) in [5.41, 5.74) is 0.135. The second kappa shape index (κ2) is 4.16. The molecule has 80 valence electrons. The van der Waals surface area contributed by atoms with Crippen LogP contribution >= 0.6 is 0 Å². The molecule has 0 bridgehead atoms. The summed E-state index contributed by atoms with van der Waals surface area (Å²) in [5, 5.41) is 0. The Morgan fingerprint density at radius 1 is 1.43 bits per heavy atom. The van der Waals surface area contributed by atoms with Crippen LogP contribution in [0.2, 0.25) is 0 Å². The summed E-state index contributed by atoms with van der Waals surface area (Å²) in [6.45, 7) is 9.49. The molecule has 0 fully saturated rings. The standard InChI is InChI=1S/C12H21NO/c1-5-10(6-2)13-9-12(3,4)8-7-11(13)14/h7-8,10H,5-6,9H2,1-4H3. The maximum Gasteiger partial charge on any atom is 0.246 e. The molecule has 0 unspecified atom stereocenters. The van der Waals surface area contributed by atoms with E-state index in [2.05, 4.69) is 27.7 Å². The van der Waals surface area contributed by atoms with Gasteiger partial charge in [0.1, 0.15) is 0 Å². The first kappa shape index (κ1) is 11.3. The molecule has 14 heavy (non-hydrogen) atoms. The lowest BCUT2D eigenvalue weighted by molar-refractivity contribution is -0.130. The van der Waals surface area contributed by atoms with Gasteiger partial charge in [-0.25, -0.2) is 0 Å². The molecular formula is C12H21NO. The first-order chi connectivity index (χ1) is 6.50. The summed E-state index contributed by atoms with van der Waals surface area (Å²) < 4.78 is 0. The topological polar surface area (TPSA) is 20.3 Å². The van der Waals surface area contributed by atoms with Crippen LogP contribution in [0.15, 0.2) is 12.2 Å². The summed E-state index contributed by atoms with van der Waals surface area (Å²) in [6, 6.07) is 0.409. The third-order valence-electron chi connectivity index (χ3n) is 2.92. The molecule has 0 saturated carbocycles. The first-order valence-electron chi connectivity index (χ1n) is 5.50. The van der Waals surface area contributed by atoms with Crippen LogP contribution in [0.5, 0.6) is 0 Å². The predicted molar refractivity (Wildman–Crippen MR) is 59.0 cm³/mol. The van der Waals surface area contributed by atoms with Gasteiger partial charge in [0.05, 0.1) is 0 Å². The Morgan fingerprint density at radius 2 is 2.00 bits per heavy atom. The number of rotatable bonds is 3. The molecule has 1 heterocycles. The highest BCUT2D eigenvalue weighted by Crippen LogP contribution is 2.26. The highest BCUT2D eigenvalue weighted by molar-refractivity contribution is 5.89. The SMILES string of the molecule is CCC(CC)N1CC(C)(C)C=CC1=O. The maximum atomic E-state index is 11.7. The van der Waals surface area contributed by atoms with Crippen LogP contribution in [0, 0.1) is 5.41 Å². The third-order valence-corrected chi connectivity index (χ3v) is 2.92. The van der Waals surface area contributed by atoms with Gasteiger partial charge in [-0.05, 0) is 18.9 Å². The molecule has 2 nitrogen and oxygen atoms in total. The van der Waals surface area contributed by atoms with Gasteiger partial charge in [0, 0.05) is 18.0 Å². The van der Waals surface area contributed by atoms with E-state index < -0.39 is 0 Å². The molecule has 1 aliphatic heterocycles. The van der Waals surface area contributed by atoms with Gasteiger partial charge in [0.15, 0.2) is 0 Å². The summed E-state index contributed by atoms with van der Waals surface area (Å²) in [6.07, 6.45) is 5.84. The van der Waals surface area contributed by atoms with E-state index in [0.717, 1.165) is 19.4 Å². The van der Waals surface area contributed by atoms with E-state index in [1.54, 1.807) is 6.08 Å². The quantitative estimate of drug-likeness (QED) is 0.678. The fraction of sp³-hybridized carbons (Fsp3) is 0.750. The van der Waals surface area contributed by atoms with E-state index in [1.165, 1.54) is 0 Å². The number of amides is 1. The largest absolute Gasteiger partial charge is 0.335 e. The highest BCUT2D eigenvalue weighted by Gasteiger charge is 2.29. The highest BCUT2D eigenvalue weighted by atomic mass is 16.2. The van der Waals surface area contributed by atoms with Crippen LogP contribution < -0.4 is 0 Å². The van der Waals surface area contributed by atoms with Crippen molar-refractivity contribution < 1.29 is 4.79 Å². The molecule has 1 rings (SSSR count). The fourth-order valence-electron chi connectivity index (χ4n) is 2.00. The molecule has 1 aliphatic rings. The number of hydrogen-bond acceptors (Lipinski definition) is 1. The Morgan fingerprint density at radius 3 is 2.50 bits per heavy atom. The van der Waals surface area contributed by atoms with Crippen molar-refractivity contribution in [1.29, 1.82) is 0 Å². The second-order valence-electron chi connectivity index (χ2n) is 4.76. The zero-order valence-electron chi connectivity index (χ0n) is 9.71. The number of nitrogens with zero attached hydrogens (tertiary/aromatic N) is 1. The van der Waals surface area contributed by atoms with Crippen LogP contribution in [0.3, 0.4) is 0 Å². The molecule has 0 aromatic heterocycles. The minimum atomic E-state index is 0.135. The van der Waals surface area contributed by atoms with Crippen LogP contribution in [0.25, 0.3) is 0 Å². The number of carbonyl (C=O) groups excluding carboxylic acids is 1. The summed E-state index contributed by atoms with van der Waals surface area (Å²) in [7, 11) is 0. The molecule has 1 amide bonds. The lowest BCUT2D eigenvalue weighted by atomic mass is 9.88. The van der Waals surface area contributed by atoms with Crippen LogP contribution in [0.1, 0.15) is 40.5 Å². The maximum absolute atomic E-state index is 11.7. The zero-order chi connectivity index (χ0) is 10.8. The summed E-state index contributed by atoms with van der Waals surface area (Å²) in [5.74, 6) is 0.179. The van der Waals surface area contributed by atoms with Gasteiger partial charge < -0.3 is 4.90 Å². The molecule has 0 spiro atoms. The van der Waals surface area contributed by atoms with E-state index in [0.29, 0.717) is 6.04 Å². The monoisotopic (exact) mass is 195 g/mol. The van der Waals surface area contributed by atoms with Crippen molar-refractivity contribution in [2.75, 3.05) is 6.54 Å². The smallest absolute Gasteiger partial charge is 0.246 e. The summed E-state index contributed by atoms with van der Waals surface area (Å²) in [4.78, 5) is 13.7. The Hall–Kier alpha value is -0.790. The van der Waals surface area contributed by atoms with E-state index >= 15 is 0 Å². The van der Waals surface area contributed by atoms with Gasteiger partial charge in [-0.15, -0.1) is 0 Å². The molecule has 0 aromatic carbocycles. The number of hydrogen-bond donors (Lipinski definition) is 0. The number of carbonyl (C=O) groups is 1. The van der Waals surface area contributed by atoms with E-state index in [1.807, 2.05) is 11.0 Å². The van der Waals surface area contributed by atoms with Crippen molar-refractivity contribution in [2.45, 2.75) is 46.6 Å². The van der Waals surface area contributed by atoms with Crippen molar-refractivity contribution in [1.82, 2.24) is 4.90 Å². The lowest BCUT2D eigenvalue weighted by Gasteiger charge is -2.38. The minimum Gasteiger partial charge on any atom is -0.335 e.